The van der Waals surface area contributed by atoms with Crippen molar-refractivity contribution in [3.05, 3.63) is 30.1 Å². The molecule has 0 aliphatic carbocycles. The maximum absolute atomic E-state index is 10.1. The van der Waals surface area contributed by atoms with Crippen LogP contribution in [0.5, 0.6) is 0 Å². The number of pyridine rings is 1. The van der Waals surface area contributed by atoms with Crippen LogP contribution in [-0.2, 0) is 6.54 Å². The summed E-state index contributed by atoms with van der Waals surface area (Å²) in [4.78, 5) is 6.50. The number of nitrogens with zero attached hydrogens (tertiary/aromatic N) is 2. The van der Waals surface area contributed by atoms with Gasteiger partial charge in [-0.2, -0.15) is 0 Å². The summed E-state index contributed by atoms with van der Waals surface area (Å²) in [5.41, 5.74) is 1.31. The van der Waals surface area contributed by atoms with Crippen LogP contribution in [0.25, 0.3) is 0 Å². The number of hydrogen-bond acceptors (Lipinski definition) is 4. The summed E-state index contributed by atoms with van der Waals surface area (Å²) in [6.07, 6.45) is 3.58. The first kappa shape index (κ1) is 11.1. The Morgan fingerprint density at radius 2 is 1.88 bits per heavy atom. The number of aromatic nitrogens is 1. The van der Waals surface area contributed by atoms with Crippen molar-refractivity contribution >= 4 is 0 Å². The molecule has 4 heteroatoms. The molecule has 1 aromatic rings. The summed E-state index contributed by atoms with van der Waals surface area (Å²) < 4.78 is 0. The Balaban J connectivity index is 1.66. The van der Waals surface area contributed by atoms with Gasteiger partial charge in [-0.1, -0.05) is 0 Å². The van der Waals surface area contributed by atoms with Crippen molar-refractivity contribution in [3.8, 4) is 0 Å². The third-order valence-electron chi connectivity index (χ3n) is 3.92. The Morgan fingerprint density at radius 3 is 2.53 bits per heavy atom. The van der Waals surface area contributed by atoms with Crippen molar-refractivity contribution in [2.45, 2.75) is 12.6 Å². The van der Waals surface area contributed by atoms with Crippen molar-refractivity contribution < 1.29 is 5.11 Å². The van der Waals surface area contributed by atoms with Gasteiger partial charge in [-0.3, -0.25) is 9.88 Å². The summed E-state index contributed by atoms with van der Waals surface area (Å²) in [6, 6.07) is 4.14. The number of aliphatic hydroxyl groups is 1. The van der Waals surface area contributed by atoms with Gasteiger partial charge in [0.2, 0.25) is 0 Å². The second kappa shape index (κ2) is 4.72. The molecule has 3 heterocycles. The van der Waals surface area contributed by atoms with Crippen molar-refractivity contribution in [3.63, 3.8) is 0 Å². The minimum absolute atomic E-state index is 0.107. The standard InChI is InChI=1S/C13H19N3O/c17-13-11-5-15-6-12(13)9-16(8-11)7-10-1-3-14-4-2-10/h1-4,11-13,15,17H,5-9H2. The van der Waals surface area contributed by atoms with E-state index in [1.54, 1.807) is 0 Å². The second-order valence-corrected chi connectivity index (χ2v) is 5.22. The molecule has 2 fully saturated rings. The molecule has 1 aromatic heterocycles. The van der Waals surface area contributed by atoms with Gasteiger partial charge in [0, 0.05) is 57.0 Å². The average Bonchev–Trinajstić information content (AvgIpc) is 2.32. The summed E-state index contributed by atoms with van der Waals surface area (Å²) in [7, 11) is 0. The molecule has 0 saturated carbocycles. The molecule has 4 nitrogen and oxygen atoms in total. The summed E-state index contributed by atoms with van der Waals surface area (Å²) in [5.74, 6) is 0.786. The van der Waals surface area contributed by atoms with E-state index in [1.165, 1.54) is 5.56 Å². The van der Waals surface area contributed by atoms with Gasteiger partial charge in [-0.15, -0.1) is 0 Å². The Kier molecular flexibility index (Phi) is 3.09. The Labute approximate surface area is 102 Å². The summed E-state index contributed by atoms with van der Waals surface area (Å²) >= 11 is 0. The lowest BCUT2D eigenvalue weighted by Crippen LogP contribution is -2.58. The normalized spacial score (nSPS) is 33.6. The van der Waals surface area contributed by atoms with E-state index in [-0.39, 0.29) is 6.10 Å². The zero-order valence-corrected chi connectivity index (χ0v) is 9.92. The molecule has 3 rings (SSSR count). The third kappa shape index (κ3) is 2.34. The van der Waals surface area contributed by atoms with Gasteiger partial charge in [0.05, 0.1) is 6.10 Å². The van der Waals surface area contributed by atoms with Crippen molar-refractivity contribution in [2.24, 2.45) is 11.8 Å². The molecule has 0 amide bonds. The lowest BCUT2D eigenvalue weighted by molar-refractivity contribution is -0.0423. The molecule has 2 N–H and O–H groups in total. The smallest absolute Gasteiger partial charge is 0.0645 e. The molecule has 2 bridgehead atoms. The first-order valence-electron chi connectivity index (χ1n) is 6.33. The fourth-order valence-corrected chi connectivity index (χ4v) is 3.04. The lowest BCUT2D eigenvalue weighted by atomic mass is 9.82. The number of piperidine rings is 2. The maximum Gasteiger partial charge on any atom is 0.0645 e. The molecule has 2 aliphatic heterocycles. The molecule has 2 saturated heterocycles. The number of rotatable bonds is 2. The molecular formula is C13H19N3O. The summed E-state index contributed by atoms with van der Waals surface area (Å²) in [5, 5.41) is 13.5. The highest BCUT2D eigenvalue weighted by Gasteiger charge is 2.38. The van der Waals surface area contributed by atoms with Crippen molar-refractivity contribution in [1.82, 2.24) is 15.2 Å². The zero-order valence-electron chi connectivity index (χ0n) is 9.92. The first-order chi connectivity index (χ1) is 8.33. The number of fused-ring (bicyclic) bond motifs is 2. The van der Waals surface area contributed by atoms with E-state index in [0.717, 1.165) is 32.7 Å². The Morgan fingerprint density at radius 1 is 1.24 bits per heavy atom. The van der Waals surface area contributed by atoms with Gasteiger partial charge in [0.25, 0.3) is 0 Å². The van der Waals surface area contributed by atoms with Gasteiger partial charge in [-0.25, -0.2) is 0 Å². The van der Waals surface area contributed by atoms with E-state index < -0.39 is 0 Å². The molecule has 17 heavy (non-hydrogen) atoms. The monoisotopic (exact) mass is 233 g/mol. The molecule has 2 aliphatic rings. The van der Waals surface area contributed by atoms with E-state index >= 15 is 0 Å². The molecule has 2 unspecified atom stereocenters. The highest BCUT2D eigenvalue weighted by atomic mass is 16.3. The Bertz CT molecular complexity index is 356. The van der Waals surface area contributed by atoms with Crippen LogP contribution >= 0.6 is 0 Å². The quantitative estimate of drug-likeness (QED) is 0.760. The van der Waals surface area contributed by atoms with E-state index in [2.05, 4.69) is 27.3 Å². The SMILES string of the molecule is OC1C2CNCC1CN(Cc1ccncc1)C2. The van der Waals surface area contributed by atoms with Crippen LogP contribution in [0, 0.1) is 11.8 Å². The van der Waals surface area contributed by atoms with Crippen LogP contribution in [-0.4, -0.2) is 47.3 Å². The van der Waals surface area contributed by atoms with E-state index in [4.69, 9.17) is 0 Å². The Hall–Kier alpha value is -0.970. The number of aliphatic hydroxyl groups excluding tert-OH is 1. The summed E-state index contributed by atoms with van der Waals surface area (Å²) in [6.45, 7) is 4.86. The van der Waals surface area contributed by atoms with Gasteiger partial charge in [0.15, 0.2) is 0 Å². The van der Waals surface area contributed by atoms with E-state index in [9.17, 15) is 5.11 Å². The zero-order chi connectivity index (χ0) is 11.7. The van der Waals surface area contributed by atoms with E-state index in [1.807, 2.05) is 12.4 Å². The number of nitrogens with one attached hydrogen (secondary N) is 1. The largest absolute Gasteiger partial charge is 0.392 e. The van der Waals surface area contributed by atoms with Crippen molar-refractivity contribution in [2.75, 3.05) is 26.2 Å². The highest BCUT2D eigenvalue weighted by molar-refractivity contribution is 5.10. The predicted molar refractivity (Wildman–Crippen MR) is 65.4 cm³/mol. The molecule has 0 aromatic carbocycles. The molecular weight excluding hydrogens is 214 g/mol. The fourth-order valence-electron chi connectivity index (χ4n) is 3.04. The van der Waals surface area contributed by atoms with Gasteiger partial charge in [-0.05, 0) is 17.7 Å². The van der Waals surface area contributed by atoms with Crippen LogP contribution in [0.15, 0.2) is 24.5 Å². The molecule has 0 spiro atoms. The first-order valence-corrected chi connectivity index (χ1v) is 6.33. The second-order valence-electron chi connectivity index (χ2n) is 5.22. The average molecular weight is 233 g/mol. The number of hydrogen-bond donors (Lipinski definition) is 2. The lowest BCUT2D eigenvalue weighted by Gasteiger charge is -2.45. The third-order valence-corrected chi connectivity index (χ3v) is 3.92. The maximum atomic E-state index is 10.1. The van der Waals surface area contributed by atoms with Crippen LogP contribution in [0.1, 0.15) is 5.56 Å². The minimum atomic E-state index is -0.107. The van der Waals surface area contributed by atoms with E-state index in [0.29, 0.717) is 11.8 Å². The van der Waals surface area contributed by atoms with Crippen LogP contribution in [0.2, 0.25) is 0 Å². The number of likely N-dealkylation sites (tertiary alicyclic amines) is 1. The van der Waals surface area contributed by atoms with Crippen molar-refractivity contribution in [1.29, 1.82) is 0 Å². The van der Waals surface area contributed by atoms with Crippen LogP contribution < -0.4 is 5.32 Å². The topological polar surface area (TPSA) is 48.4 Å². The molecule has 2 atom stereocenters. The minimum Gasteiger partial charge on any atom is -0.392 e. The van der Waals surface area contributed by atoms with Crippen LogP contribution in [0.3, 0.4) is 0 Å². The highest BCUT2D eigenvalue weighted by Crippen LogP contribution is 2.26. The fraction of sp³-hybridized carbons (Fsp3) is 0.615. The van der Waals surface area contributed by atoms with Gasteiger partial charge >= 0.3 is 0 Å². The molecule has 92 valence electrons. The van der Waals surface area contributed by atoms with Gasteiger partial charge < -0.3 is 10.4 Å². The van der Waals surface area contributed by atoms with Crippen LogP contribution in [0.4, 0.5) is 0 Å². The molecule has 0 radical (unpaired) electrons. The van der Waals surface area contributed by atoms with Gasteiger partial charge in [0.1, 0.15) is 0 Å². The predicted octanol–water partition coefficient (Wildman–Crippen LogP) is 0.0937.